The van der Waals surface area contributed by atoms with E-state index in [1.165, 1.54) is 52.8 Å². The van der Waals surface area contributed by atoms with Crippen LogP contribution in [0.5, 0.6) is 0 Å². The number of hydrogen-bond donors (Lipinski definition) is 1. The Balaban J connectivity index is 1.97. The van der Waals surface area contributed by atoms with Crippen LogP contribution in [-0.2, 0) is 19.6 Å². The molecule has 0 heterocycles. The molecular formula is C20H22F2N2O5S2. The number of ether oxygens (including phenoxy) is 1. The second-order valence-corrected chi connectivity index (χ2v) is 9.15. The lowest BCUT2D eigenvalue weighted by molar-refractivity contribution is -0.119. The summed E-state index contributed by atoms with van der Waals surface area (Å²) >= 11 is 0.384. The van der Waals surface area contributed by atoms with Crippen LogP contribution in [0.1, 0.15) is 24.2 Å². The molecule has 7 nitrogen and oxygen atoms in total. The first-order valence-corrected chi connectivity index (χ1v) is 11.6. The predicted octanol–water partition coefficient (Wildman–Crippen LogP) is 3.83. The quantitative estimate of drug-likeness (QED) is 0.417. The average molecular weight is 473 g/mol. The highest BCUT2D eigenvalue weighted by Crippen LogP contribution is 2.26. The fourth-order valence-electron chi connectivity index (χ4n) is 2.63. The van der Waals surface area contributed by atoms with Crippen LogP contribution in [0.2, 0.25) is 0 Å². The van der Waals surface area contributed by atoms with E-state index in [0.29, 0.717) is 22.3 Å². The summed E-state index contributed by atoms with van der Waals surface area (Å²) in [5.41, 5.74) is 0.349. The van der Waals surface area contributed by atoms with E-state index >= 15 is 0 Å². The molecular weight excluding hydrogens is 450 g/mol. The van der Waals surface area contributed by atoms with E-state index < -0.39 is 34.3 Å². The smallest absolute Gasteiger partial charge is 0.338 e. The minimum Gasteiger partial charge on any atom is -0.452 e. The van der Waals surface area contributed by atoms with Gasteiger partial charge in [-0.05, 0) is 42.5 Å². The van der Waals surface area contributed by atoms with Gasteiger partial charge in [0.2, 0.25) is 10.0 Å². The summed E-state index contributed by atoms with van der Waals surface area (Å²) < 4.78 is 56.0. The predicted molar refractivity (Wildman–Crippen MR) is 114 cm³/mol. The molecule has 0 atom stereocenters. The van der Waals surface area contributed by atoms with Gasteiger partial charge in [0.1, 0.15) is 0 Å². The Hall–Kier alpha value is -2.50. The number of anilines is 1. The molecule has 0 saturated carbocycles. The Labute approximate surface area is 183 Å². The summed E-state index contributed by atoms with van der Waals surface area (Å²) in [6, 6.07) is 11.2. The SMILES string of the molecule is CCN(CC)S(=O)(=O)c1cccc(C(=O)OCC(=O)Nc2ccc(SC(F)F)cc2)c1. The number of hydrogen-bond acceptors (Lipinski definition) is 6. The van der Waals surface area contributed by atoms with Gasteiger partial charge in [0.05, 0.1) is 10.5 Å². The summed E-state index contributed by atoms with van der Waals surface area (Å²) in [6.07, 6.45) is 0. The maximum atomic E-state index is 12.6. The molecule has 0 aliphatic heterocycles. The first kappa shape index (κ1) is 24.8. The van der Waals surface area contributed by atoms with E-state index in [-0.39, 0.29) is 23.5 Å². The lowest BCUT2D eigenvalue weighted by atomic mass is 10.2. The lowest BCUT2D eigenvalue weighted by Gasteiger charge is -2.18. The fraction of sp³-hybridized carbons (Fsp3) is 0.300. The van der Waals surface area contributed by atoms with Gasteiger partial charge in [-0.3, -0.25) is 4.79 Å². The number of carbonyl (C=O) groups is 2. The van der Waals surface area contributed by atoms with Crippen molar-refractivity contribution in [2.75, 3.05) is 25.0 Å². The van der Waals surface area contributed by atoms with Crippen molar-refractivity contribution in [2.45, 2.75) is 29.4 Å². The summed E-state index contributed by atoms with van der Waals surface area (Å²) in [5.74, 6) is -4.02. The zero-order valence-corrected chi connectivity index (χ0v) is 18.5. The van der Waals surface area contributed by atoms with Gasteiger partial charge >= 0.3 is 5.97 Å². The van der Waals surface area contributed by atoms with E-state index in [2.05, 4.69) is 5.32 Å². The van der Waals surface area contributed by atoms with Crippen molar-refractivity contribution in [1.82, 2.24) is 4.31 Å². The van der Waals surface area contributed by atoms with Crippen LogP contribution in [0, 0.1) is 0 Å². The van der Waals surface area contributed by atoms with Gasteiger partial charge in [-0.2, -0.15) is 13.1 Å². The Bertz CT molecular complexity index is 1010. The van der Waals surface area contributed by atoms with Crippen LogP contribution in [0.15, 0.2) is 58.3 Å². The highest BCUT2D eigenvalue weighted by atomic mass is 32.2. The molecule has 168 valence electrons. The second kappa shape index (κ2) is 11.2. The van der Waals surface area contributed by atoms with E-state index in [1.807, 2.05) is 0 Å². The highest BCUT2D eigenvalue weighted by molar-refractivity contribution is 7.99. The number of sulfonamides is 1. The number of alkyl halides is 2. The summed E-state index contributed by atoms with van der Waals surface area (Å²) in [7, 11) is -3.74. The Kier molecular flexibility index (Phi) is 8.96. The Morgan fingerprint density at radius 1 is 1.10 bits per heavy atom. The van der Waals surface area contributed by atoms with Gasteiger partial charge in [-0.15, -0.1) is 0 Å². The average Bonchev–Trinajstić information content (AvgIpc) is 2.74. The van der Waals surface area contributed by atoms with Crippen molar-refractivity contribution >= 4 is 39.3 Å². The first-order chi connectivity index (χ1) is 14.7. The molecule has 0 bridgehead atoms. The van der Waals surface area contributed by atoms with Crippen LogP contribution < -0.4 is 5.32 Å². The highest BCUT2D eigenvalue weighted by Gasteiger charge is 2.23. The van der Waals surface area contributed by atoms with E-state index in [0.717, 1.165) is 0 Å². The van der Waals surface area contributed by atoms with Gasteiger partial charge < -0.3 is 10.1 Å². The molecule has 31 heavy (non-hydrogen) atoms. The Morgan fingerprint density at radius 2 is 1.74 bits per heavy atom. The van der Waals surface area contributed by atoms with Crippen molar-refractivity contribution in [3.63, 3.8) is 0 Å². The normalized spacial score (nSPS) is 11.5. The minimum atomic E-state index is -3.74. The largest absolute Gasteiger partial charge is 0.452 e. The number of amides is 1. The molecule has 0 fully saturated rings. The van der Waals surface area contributed by atoms with Crippen molar-refractivity contribution in [2.24, 2.45) is 0 Å². The summed E-state index contributed by atoms with van der Waals surface area (Å²) in [6.45, 7) is 3.40. The molecule has 0 spiro atoms. The van der Waals surface area contributed by atoms with Crippen LogP contribution >= 0.6 is 11.8 Å². The van der Waals surface area contributed by atoms with Crippen molar-refractivity contribution in [3.05, 3.63) is 54.1 Å². The first-order valence-electron chi connectivity index (χ1n) is 9.29. The molecule has 0 aliphatic rings. The number of thioether (sulfide) groups is 1. The van der Waals surface area contributed by atoms with Crippen LogP contribution in [-0.4, -0.2) is 50.1 Å². The van der Waals surface area contributed by atoms with Gasteiger partial charge in [-0.25, -0.2) is 13.2 Å². The standard InChI is InChI=1S/C20H22F2N2O5S2/c1-3-24(4-2)31(27,28)17-7-5-6-14(12-17)19(26)29-13-18(25)23-15-8-10-16(11-9-15)30-20(21)22/h5-12,20H,3-4,13H2,1-2H3,(H,23,25). The van der Waals surface area contributed by atoms with E-state index in [9.17, 15) is 26.8 Å². The van der Waals surface area contributed by atoms with Gasteiger partial charge in [-0.1, -0.05) is 31.7 Å². The van der Waals surface area contributed by atoms with Gasteiger partial charge in [0.25, 0.3) is 11.7 Å². The van der Waals surface area contributed by atoms with Gasteiger partial charge in [0, 0.05) is 23.7 Å². The molecule has 11 heteroatoms. The summed E-state index contributed by atoms with van der Waals surface area (Å²) in [4.78, 5) is 24.5. The summed E-state index contributed by atoms with van der Waals surface area (Å²) in [5, 5.41) is 2.48. The number of rotatable bonds is 10. The number of benzene rings is 2. The molecule has 0 radical (unpaired) electrons. The number of halogens is 2. The molecule has 2 aromatic carbocycles. The second-order valence-electron chi connectivity index (χ2n) is 6.14. The molecule has 0 unspecified atom stereocenters. The van der Waals surface area contributed by atoms with Crippen molar-refractivity contribution < 1.29 is 31.5 Å². The van der Waals surface area contributed by atoms with Crippen molar-refractivity contribution in [3.8, 4) is 0 Å². The van der Waals surface area contributed by atoms with E-state index in [4.69, 9.17) is 4.74 Å². The van der Waals surface area contributed by atoms with Crippen LogP contribution in [0.3, 0.4) is 0 Å². The molecule has 0 saturated heterocycles. The lowest BCUT2D eigenvalue weighted by Crippen LogP contribution is -2.30. The van der Waals surface area contributed by atoms with Gasteiger partial charge in [0.15, 0.2) is 6.61 Å². The topological polar surface area (TPSA) is 92.8 Å². The molecule has 2 rings (SSSR count). The van der Waals surface area contributed by atoms with Crippen molar-refractivity contribution in [1.29, 1.82) is 0 Å². The maximum absolute atomic E-state index is 12.6. The Morgan fingerprint density at radius 3 is 2.32 bits per heavy atom. The third-order valence-corrected chi connectivity index (χ3v) is 6.88. The number of carbonyl (C=O) groups excluding carboxylic acids is 2. The van der Waals surface area contributed by atoms with Crippen LogP contribution in [0.4, 0.5) is 14.5 Å². The van der Waals surface area contributed by atoms with Crippen LogP contribution in [0.25, 0.3) is 0 Å². The molecule has 2 aromatic rings. The number of nitrogens with zero attached hydrogens (tertiary/aromatic N) is 1. The number of esters is 1. The minimum absolute atomic E-state index is 0.00518. The third kappa shape index (κ3) is 7.01. The molecule has 1 amide bonds. The third-order valence-electron chi connectivity index (χ3n) is 4.11. The zero-order chi connectivity index (χ0) is 23.0. The molecule has 0 aromatic heterocycles. The fourth-order valence-corrected chi connectivity index (χ4v) is 4.63. The number of nitrogens with one attached hydrogen (secondary N) is 1. The molecule has 0 aliphatic carbocycles. The zero-order valence-electron chi connectivity index (χ0n) is 16.9. The maximum Gasteiger partial charge on any atom is 0.338 e. The molecule has 1 N–H and O–H groups in total. The monoisotopic (exact) mass is 472 g/mol. The van der Waals surface area contributed by atoms with E-state index in [1.54, 1.807) is 13.8 Å².